The number of thioether (sulfide) groups is 1. The van der Waals surface area contributed by atoms with Crippen molar-refractivity contribution in [2.75, 3.05) is 13.1 Å². The molecule has 1 aliphatic rings. The Labute approximate surface area is 200 Å². The quantitative estimate of drug-likeness (QED) is 0.521. The van der Waals surface area contributed by atoms with Gasteiger partial charge in [0.25, 0.3) is 17.1 Å². The molecular formula is C24H21ClN4O3S. The number of aromatic nitrogens is 2. The molecule has 2 heterocycles. The Hall–Kier alpha value is -3.36. The van der Waals surface area contributed by atoms with E-state index in [4.69, 9.17) is 11.6 Å². The van der Waals surface area contributed by atoms with Gasteiger partial charge in [0.1, 0.15) is 0 Å². The fourth-order valence-corrected chi connectivity index (χ4v) is 4.42. The van der Waals surface area contributed by atoms with Gasteiger partial charge in [0.05, 0.1) is 16.3 Å². The van der Waals surface area contributed by atoms with Crippen molar-refractivity contribution in [3.05, 3.63) is 87.0 Å². The molecule has 2 aromatic carbocycles. The first-order chi connectivity index (χ1) is 15.8. The number of hydrogen-bond acceptors (Lipinski definition) is 5. The van der Waals surface area contributed by atoms with Crippen molar-refractivity contribution < 1.29 is 14.4 Å². The number of nitrogens with one attached hydrogen (secondary N) is 1. The molecule has 1 saturated heterocycles. The maximum Gasteiger partial charge on any atom is 0.293 e. The van der Waals surface area contributed by atoms with E-state index in [1.807, 2.05) is 36.7 Å². The second-order valence-corrected chi connectivity index (χ2v) is 8.96. The van der Waals surface area contributed by atoms with Crippen molar-refractivity contribution in [2.24, 2.45) is 0 Å². The van der Waals surface area contributed by atoms with Gasteiger partial charge in [0.2, 0.25) is 0 Å². The molecule has 9 heteroatoms. The molecule has 0 unspecified atom stereocenters. The van der Waals surface area contributed by atoms with E-state index in [0.717, 1.165) is 39.3 Å². The van der Waals surface area contributed by atoms with Crippen LogP contribution in [0.25, 0.3) is 11.8 Å². The molecule has 0 spiro atoms. The molecule has 168 valence electrons. The number of aryl methyl sites for hydroxylation is 2. The molecule has 4 rings (SSSR count). The van der Waals surface area contributed by atoms with E-state index in [9.17, 15) is 14.4 Å². The van der Waals surface area contributed by atoms with Gasteiger partial charge in [-0.1, -0.05) is 23.7 Å². The molecule has 0 radical (unpaired) electrons. The molecule has 1 N–H and O–H groups in total. The van der Waals surface area contributed by atoms with E-state index in [2.05, 4.69) is 10.4 Å². The third-order valence-corrected chi connectivity index (χ3v) is 6.21. The van der Waals surface area contributed by atoms with E-state index in [1.54, 1.807) is 42.5 Å². The first-order valence-electron chi connectivity index (χ1n) is 10.2. The summed E-state index contributed by atoms with van der Waals surface area (Å²) in [6.45, 7) is 4.15. The Bertz CT molecular complexity index is 1250. The van der Waals surface area contributed by atoms with Crippen LogP contribution in [0.15, 0.2) is 59.5 Å². The summed E-state index contributed by atoms with van der Waals surface area (Å²) in [5, 5.41) is 7.43. The molecule has 3 aromatic rings. The highest BCUT2D eigenvalue weighted by atomic mass is 35.5. The van der Waals surface area contributed by atoms with E-state index < -0.39 is 0 Å². The highest BCUT2D eigenvalue weighted by Crippen LogP contribution is 2.32. The van der Waals surface area contributed by atoms with Crippen molar-refractivity contribution >= 4 is 46.5 Å². The van der Waals surface area contributed by atoms with Crippen molar-refractivity contribution in [1.82, 2.24) is 20.0 Å². The number of carbonyl (C=O) groups excluding carboxylic acids is 3. The summed E-state index contributed by atoms with van der Waals surface area (Å²) < 4.78 is 1.81. The molecule has 3 amide bonds. The number of halogens is 1. The molecule has 1 fully saturated rings. The number of carbonyl (C=O) groups is 3. The van der Waals surface area contributed by atoms with Crippen LogP contribution in [0.2, 0.25) is 5.02 Å². The highest BCUT2D eigenvalue weighted by molar-refractivity contribution is 8.18. The van der Waals surface area contributed by atoms with Crippen molar-refractivity contribution in [3.63, 3.8) is 0 Å². The predicted octanol–water partition coefficient (Wildman–Crippen LogP) is 4.61. The van der Waals surface area contributed by atoms with Gasteiger partial charge in [-0.25, -0.2) is 4.68 Å². The second kappa shape index (κ2) is 9.64. The van der Waals surface area contributed by atoms with Crippen molar-refractivity contribution in [1.29, 1.82) is 0 Å². The van der Waals surface area contributed by atoms with Crippen LogP contribution in [-0.2, 0) is 4.79 Å². The molecule has 0 atom stereocenters. The van der Waals surface area contributed by atoms with Crippen LogP contribution in [0.3, 0.4) is 0 Å². The summed E-state index contributed by atoms with van der Waals surface area (Å²) in [4.78, 5) is 38.8. The standard InChI is InChI=1S/C24H21ClN4O3S/c1-15-13-16(2)29(27-15)20-9-5-18(6-10-20)22(30)26-11-12-28-23(31)21(33-24(28)32)14-17-3-7-19(25)8-4-17/h3-10,13-14H,11-12H2,1-2H3,(H,26,30). The van der Waals surface area contributed by atoms with E-state index in [1.165, 1.54) is 0 Å². The molecule has 1 aliphatic heterocycles. The van der Waals surface area contributed by atoms with Crippen molar-refractivity contribution in [2.45, 2.75) is 13.8 Å². The fourth-order valence-electron chi connectivity index (χ4n) is 3.43. The molecule has 7 nitrogen and oxygen atoms in total. The Morgan fingerprint density at radius 2 is 1.79 bits per heavy atom. The summed E-state index contributed by atoms with van der Waals surface area (Å²) in [5.41, 5.74) is 4.05. The lowest BCUT2D eigenvalue weighted by molar-refractivity contribution is -0.122. The van der Waals surface area contributed by atoms with E-state index in [0.29, 0.717) is 15.5 Å². The molecular weight excluding hydrogens is 460 g/mol. The number of amides is 3. The highest BCUT2D eigenvalue weighted by Gasteiger charge is 2.34. The SMILES string of the molecule is Cc1cc(C)n(-c2ccc(C(=O)NCCN3C(=O)SC(=Cc4ccc(Cl)cc4)C3=O)cc2)n1. The molecule has 0 bridgehead atoms. The number of imide groups is 1. The minimum Gasteiger partial charge on any atom is -0.350 e. The third-order valence-electron chi connectivity index (χ3n) is 5.05. The van der Waals surface area contributed by atoms with Gasteiger partial charge in [-0.2, -0.15) is 5.10 Å². The van der Waals surface area contributed by atoms with Crippen LogP contribution in [-0.4, -0.2) is 44.8 Å². The van der Waals surface area contributed by atoms with E-state index >= 15 is 0 Å². The predicted molar refractivity (Wildman–Crippen MR) is 130 cm³/mol. The maximum absolute atomic E-state index is 12.6. The summed E-state index contributed by atoms with van der Waals surface area (Å²) in [7, 11) is 0. The lowest BCUT2D eigenvalue weighted by Crippen LogP contribution is -2.37. The van der Waals surface area contributed by atoms with E-state index in [-0.39, 0.29) is 30.1 Å². The summed E-state index contributed by atoms with van der Waals surface area (Å²) in [6, 6.07) is 16.1. The smallest absolute Gasteiger partial charge is 0.293 e. The Morgan fingerprint density at radius 3 is 2.42 bits per heavy atom. The molecule has 0 aliphatic carbocycles. The maximum atomic E-state index is 12.6. The van der Waals surface area contributed by atoms with Gasteiger partial charge in [-0.3, -0.25) is 19.3 Å². The Kier molecular flexibility index (Phi) is 6.67. The Morgan fingerprint density at radius 1 is 1.09 bits per heavy atom. The first-order valence-corrected chi connectivity index (χ1v) is 11.4. The second-order valence-electron chi connectivity index (χ2n) is 7.53. The minimum absolute atomic E-state index is 0.0954. The number of benzene rings is 2. The zero-order valence-electron chi connectivity index (χ0n) is 18.0. The van der Waals surface area contributed by atoms with Crippen LogP contribution in [0.5, 0.6) is 0 Å². The zero-order valence-corrected chi connectivity index (χ0v) is 19.6. The van der Waals surface area contributed by atoms with Gasteiger partial charge in [0, 0.05) is 29.4 Å². The zero-order chi connectivity index (χ0) is 23.5. The number of nitrogens with zero attached hydrogens (tertiary/aromatic N) is 3. The van der Waals surface area contributed by atoms with Crippen LogP contribution in [0, 0.1) is 13.8 Å². The summed E-state index contributed by atoms with van der Waals surface area (Å²) in [5.74, 6) is -0.651. The van der Waals surface area contributed by atoms with Gasteiger partial charge < -0.3 is 5.32 Å². The lowest BCUT2D eigenvalue weighted by Gasteiger charge is -2.13. The van der Waals surface area contributed by atoms with Gasteiger partial charge in [-0.15, -0.1) is 0 Å². The average molecular weight is 481 g/mol. The molecule has 1 aromatic heterocycles. The summed E-state index contributed by atoms with van der Waals surface area (Å²) >= 11 is 6.76. The number of hydrogen-bond donors (Lipinski definition) is 1. The fraction of sp³-hybridized carbons (Fsp3) is 0.167. The van der Waals surface area contributed by atoms with Crippen LogP contribution >= 0.6 is 23.4 Å². The summed E-state index contributed by atoms with van der Waals surface area (Å²) in [6.07, 6.45) is 1.66. The van der Waals surface area contributed by atoms with Crippen LogP contribution in [0.1, 0.15) is 27.3 Å². The topological polar surface area (TPSA) is 84.3 Å². The Balaban J connectivity index is 1.33. The first kappa shape index (κ1) is 22.8. The average Bonchev–Trinajstić information content (AvgIpc) is 3.27. The van der Waals surface area contributed by atoms with Crippen LogP contribution in [0.4, 0.5) is 4.79 Å². The monoisotopic (exact) mass is 480 g/mol. The van der Waals surface area contributed by atoms with Gasteiger partial charge in [0.15, 0.2) is 0 Å². The minimum atomic E-state index is -0.372. The van der Waals surface area contributed by atoms with Crippen molar-refractivity contribution in [3.8, 4) is 5.69 Å². The molecule has 0 saturated carbocycles. The largest absolute Gasteiger partial charge is 0.350 e. The third kappa shape index (κ3) is 5.18. The number of rotatable bonds is 6. The van der Waals surface area contributed by atoms with Gasteiger partial charge in [-0.05, 0) is 79.7 Å². The lowest BCUT2D eigenvalue weighted by atomic mass is 10.2. The van der Waals surface area contributed by atoms with Gasteiger partial charge >= 0.3 is 0 Å². The normalized spacial score (nSPS) is 14.9. The molecule has 33 heavy (non-hydrogen) atoms. The van der Waals surface area contributed by atoms with Crippen LogP contribution < -0.4 is 5.32 Å².